The summed E-state index contributed by atoms with van der Waals surface area (Å²) in [5.41, 5.74) is 4.99. The Labute approximate surface area is 86.2 Å². The monoisotopic (exact) mass is 200 g/mol. The summed E-state index contributed by atoms with van der Waals surface area (Å²) in [5, 5.41) is 0. The van der Waals surface area contributed by atoms with Crippen LogP contribution < -0.4 is 5.73 Å². The van der Waals surface area contributed by atoms with Crippen LogP contribution in [-0.4, -0.2) is 29.8 Å². The summed E-state index contributed by atoms with van der Waals surface area (Å²) in [6.45, 7) is 8.63. The zero-order valence-corrected chi connectivity index (χ0v) is 8.82. The number of nitrogens with two attached hydrogens (primary N) is 1. The van der Waals surface area contributed by atoms with Crippen molar-refractivity contribution in [2.45, 2.75) is 20.3 Å². The fourth-order valence-corrected chi connectivity index (χ4v) is 1.29. The van der Waals surface area contributed by atoms with Gasteiger partial charge in [-0.1, -0.05) is 20.4 Å². The Kier molecular flexibility index (Phi) is 5.60. The maximum absolute atomic E-state index is 10.9. The molecule has 14 heavy (non-hydrogen) atoms. The minimum atomic E-state index is -0.300. The largest absolute Gasteiger partial charge is 0.370 e. The van der Waals surface area contributed by atoms with Crippen molar-refractivity contribution in [1.82, 2.24) is 4.90 Å². The molecule has 2 N–H and O–H groups in total. The molecule has 1 rings (SSSR count). The summed E-state index contributed by atoms with van der Waals surface area (Å²) in [6, 6.07) is 0. The van der Waals surface area contributed by atoms with Gasteiger partial charge in [0.15, 0.2) is 0 Å². The van der Waals surface area contributed by atoms with Crippen LogP contribution in [-0.2, 0) is 9.59 Å². The molecule has 4 heteroatoms. The summed E-state index contributed by atoms with van der Waals surface area (Å²) in [6.07, 6.45) is 1.65. The number of hydrogen-bond acceptors (Lipinski definition) is 2. The topological polar surface area (TPSA) is 63.4 Å². The minimum Gasteiger partial charge on any atom is -0.370 e. The molecule has 0 saturated carbocycles. The molecule has 1 heterocycles. The first-order chi connectivity index (χ1) is 6.63. The van der Waals surface area contributed by atoms with Crippen molar-refractivity contribution in [3.8, 4) is 0 Å². The third-order valence-corrected chi connectivity index (χ3v) is 1.93. The van der Waals surface area contributed by atoms with Crippen LogP contribution in [0.25, 0.3) is 0 Å². The van der Waals surface area contributed by atoms with Gasteiger partial charge in [-0.25, -0.2) is 0 Å². The van der Waals surface area contributed by atoms with Crippen molar-refractivity contribution >= 4 is 11.8 Å². The molecule has 0 atom stereocenters. The molecule has 0 spiro atoms. The molecule has 0 radical (unpaired) electrons. The first-order valence-corrected chi connectivity index (χ1v) is 4.83. The van der Waals surface area contributed by atoms with Gasteiger partial charge in [-0.05, 0) is 6.08 Å². The predicted octanol–water partition coefficient (Wildman–Crippen LogP) is 0.778. The molecule has 1 aliphatic heterocycles. The zero-order chi connectivity index (χ0) is 11.1. The van der Waals surface area contributed by atoms with E-state index in [1.165, 1.54) is 6.08 Å². The number of amides is 2. The third kappa shape index (κ3) is 3.60. The quantitative estimate of drug-likeness (QED) is 0.684. The Morgan fingerprint density at radius 1 is 1.57 bits per heavy atom. The van der Waals surface area contributed by atoms with Gasteiger partial charge in [-0.15, -0.1) is 0 Å². The lowest BCUT2D eigenvalue weighted by atomic mass is 9.96. The van der Waals surface area contributed by atoms with Gasteiger partial charge in [0, 0.05) is 26.9 Å². The normalized spacial score (nSPS) is 14.9. The molecule has 0 bridgehead atoms. The number of nitrogens with zero attached hydrogens (tertiary/aromatic N) is 1. The smallest absolute Gasteiger partial charge is 0.245 e. The maximum Gasteiger partial charge on any atom is 0.245 e. The van der Waals surface area contributed by atoms with Crippen LogP contribution in [0.4, 0.5) is 0 Å². The lowest BCUT2D eigenvalue weighted by Gasteiger charge is -2.38. The van der Waals surface area contributed by atoms with E-state index in [0.717, 1.165) is 0 Å². The van der Waals surface area contributed by atoms with E-state index in [1.54, 1.807) is 4.90 Å². The van der Waals surface area contributed by atoms with Crippen molar-refractivity contribution in [3.05, 3.63) is 12.7 Å². The predicted molar refractivity (Wildman–Crippen MR) is 57.5 cm³/mol. The van der Waals surface area contributed by atoms with Crippen LogP contribution >= 0.6 is 0 Å². The number of hydrogen-bond donors (Lipinski definition) is 1. The van der Waals surface area contributed by atoms with Gasteiger partial charge < -0.3 is 10.6 Å². The van der Waals surface area contributed by atoms with Crippen LogP contribution in [0.5, 0.6) is 0 Å². The van der Waals surface area contributed by atoms with Crippen LogP contribution in [0, 0.1) is 5.92 Å². The second-order valence-corrected chi connectivity index (χ2v) is 2.98. The van der Waals surface area contributed by atoms with Crippen molar-refractivity contribution in [3.63, 3.8) is 0 Å². The number of carbonyl (C=O) groups excluding carboxylic acids is 2. The molecule has 0 aromatic carbocycles. The van der Waals surface area contributed by atoms with Crippen molar-refractivity contribution in [2.75, 3.05) is 13.1 Å². The third-order valence-electron chi connectivity index (χ3n) is 1.93. The molecule has 0 aromatic rings. The molecule has 4 nitrogen and oxygen atoms in total. The number of rotatable bonds is 3. The Morgan fingerprint density at radius 2 is 2.07 bits per heavy atom. The van der Waals surface area contributed by atoms with Crippen LogP contribution in [0.15, 0.2) is 12.7 Å². The highest BCUT2D eigenvalue weighted by molar-refractivity contribution is 5.87. The highest BCUT2D eigenvalue weighted by atomic mass is 16.2. The Morgan fingerprint density at radius 3 is 2.43 bits per heavy atom. The highest BCUT2D eigenvalue weighted by Crippen LogP contribution is 2.18. The first kappa shape index (κ1) is 12.7. The average Bonchev–Trinajstić information content (AvgIpc) is 2.12. The molecular weight excluding hydrogens is 180 g/mol. The lowest BCUT2D eigenvalue weighted by molar-refractivity contribution is -0.134. The molecule has 2 amide bonds. The van der Waals surface area contributed by atoms with Crippen LogP contribution in [0.3, 0.4) is 0 Å². The molecule has 0 aromatic heterocycles. The number of carbonyl (C=O) groups is 2. The molecule has 82 valence electrons. The van der Waals surface area contributed by atoms with E-state index < -0.39 is 0 Å². The van der Waals surface area contributed by atoms with E-state index >= 15 is 0 Å². The second-order valence-electron chi connectivity index (χ2n) is 2.98. The van der Waals surface area contributed by atoms with Gasteiger partial charge in [-0.3, -0.25) is 9.59 Å². The lowest BCUT2D eigenvalue weighted by Crippen LogP contribution is -2.50. The highest BCUT2D eigenvalue weighted by Gasteiger charge is 2.29. The zero-order valence-electron chi connectivity index (χ0n) is 8.82. The van der Waals surface area contributed by atoms with Gasteiger partial charge >= 0.3 is 0 Å². The van der Waals surface area contributed by atoms with E-state index in [9.17, 15) is 9.59 Å². The minimum absolute atomic E-state index is 0. The molecule has 0 aliphatic carbocycles. The van der Waals surface area contributed by atoms with E-state index in [0.29, 0.717) is 19.5 Å². The van der Waals surface area contributed by atoms with Crippen LogP contribution in [0.2, 0.25) is 0 Å². The fourth-order valence-electron chi connectivity index (χ4n) is 1.29. The van der Waals surface area contributed by atoms with Gasteiger partial charge in [-0.2, -0.15) is 0 Å². The number of primary amides is 1. The molecule has 1 saturated heterocycles. The van der Waals surface area contributed by atoms with Crippen molar-refractivity contribution < 1.29 is 11.0 Å². The summed E-state index contributed by atoms with van der Waals surface area (Å²) < 4.78 is 0. The molecule has 1 fully saturated rings. The van der Waals surface area contributed by atoms with Gasteiger partial charge in [0.25, 0.3) is 0 Å². The van der Waals surface area contributed by atoms with Gasteiger partial charge in [0.05, 0.1) is 0 Å². The second kappa shape index (κ2) is 6.18. The summed E-state index contributed by atoms with van der Waals surface area (Å²) in [5.74, 6) is -0.118. The van der Waals surface area contributed by atoms with E-state index in [4.69, 9.17) is 5.73 Å². The SMILES string of the molecule is C=CC(=O)N1CC(CC(N)=O)C1.CC.[HH]. The van der Waals surface area contributed by atoms with Gasteiger partial charge in [0.1, 0.15) is 0 Å². The first-order valence-electron chi connectivity index (χ1n) is 4.83. The Balaban J connectivity index is 0. The Hall–Kier alpha value is -1.32. The summed E-state index contributed by atoms with van der Waals surface area (Å²) in [7, 11) is 0. The standard InChI is InChI=1S/C8H12N2O2.C2H6.H2/c1-2-8(12)10-4-6(5-10)3-7(9)11;1-2;/h2,6H,1,3-5H2,(H2,9,11);1-2H3;1H. The van der Waals surface area contributed by atoms with E-state index in [-0.39, 0.29) is 19.2 Å². The van der Waals surface area contributed by atoms with E-state index in [1.807, 2.05) is 13.8 Å². The average molecular weight is 200 g/mol. The van der Waals surface area contributed by atoms with Crippen molar-refractivity contribution in [2.24, 2.45) is 11.7 Å². The van der Waals surface area contributed by atoms with Crippen molar-refractivity contribution in [1.29, 1.82) is 0 Å². The fraction of sp³-hybridized carbons (Fsp3) is 0.600. The number of likely N-dealkylation sites (tertiary alicyclic amines) is 1. The maximum atomic E-state index is 10.9. The molecule has 1 aliphatic rings. The Bertz CT molecular complexity index is 225. The summed E-state index contributed by atoms with van der Waals surface area (Å²) >= 11 is 0. The molecule has 0 unspecified atom stereocenters. The molecular formula is C10H20N2O2. The van der Waals surface area contributed by atoms with Crippen LogP contribution in [0.1, 0.15) is 21.7 Å². The summed E-state index contributed by atoms with van der Waals surface area (Å²) in [4.78, 5) is 23.0. The van der Waals surface area contributed by atoms with Gasteiger partial charge in [0.2, 0.25) is 11.8 Å². The van der Waals surface area contributed by atoms with E-state index in [2.05, 4.69) is 6.58 Å².